The molecule has 1 heterocycles. The lowest BCUT2D eigenvalue weighted by molar-refractivity contribution is -0.384. The van der Waals surface area contributed by atoms with Crippen molar-refractivity contribution in [2.45, 2.75) is 0 Å². The summed E-state index contributed by atoms with van der Waals surface area (Å²) in [5.41, 5.74) is 1.64. The maximum Gasteiger partial charge on any atom is 0.282 e. The van der Waals surface area contributed by atoms with E-state index < -0.39 is 10.8 Å². The minimum atomic E-state index is -0.488. The Balaban J connectivity index is 1.86. The van der Waals surface area contributed by atoms with Gasteiger partial charge in [0, 0.05) is 17.2 Å². The monoisotopic (exact) mass is 467 g/mol. The van der Waals surface area contributed by atoms with Crippen molar-refractivity contribution in [3.8, 4) is 5.75 Å². The number of benzene rings is 3. The van der Waals surface area contributed by atoms with Crippen LogP contribution in [0.1, 0.15) is 11.1 Å². The van der Waals surface area contributed by atoms with E-state index in [2.05, 4.69) is 4.99 Å². The van der Waals surface area contributed by atoms with Gasteiger partial charge in [-0.15, -0.1) is 0 Å². The van der Waals surface area contributed by atoms with Crippen LogP contribution in [0.5, 0.6) is 5.75 Å². The molecule has 9 heteroatoms. The zero-order valence-electron chi connectivity index (χ0n) is 16.7. The molecule has 0 unspecified atom stereocenters. The van der Waals surface area contributed by atoms with Crippen LogP contribution >= 0.6 is 23.2 Å². The average Bonchev–Trinajstić information content (AvgIpc) is 3.11. The molecule has 4 rings (SSSR count). The Bertz CT molecular complexity index is 1290. The van der Waals surface area contributed by atoms with Gasteiger partial charge in [-0.1, -0.05) is 35.3 Å². The van der Waals surface area contributed by atoms with Crippen molar-refractivity contribution in [3.05, 3.63) is 104 Å². The lowest BCUT2D eigenvalue weighted by atomic mass is 10.1. The highest BCUT2D eigenvalue weighted by Gasteiger charge is 2.35. The van der Waals surface area contributed by atoms with Gasteiger partial charge < -0.3 is 4.74 Å². The summed E-state index contributed by atoms with van der Waals surface area (Å²) in [6, 6.07) is 17.8. The molecule has 0 bridgehead atoms. The van der Waals surface area contributed by atoms with Gasteiger partial charge in [-0.05, 0) is 54.1 Å². The zero-order valence-corrected chi connectivity index (χ0v) is 18.2. The summed E-state index contributed by atoms with van der Waals surface area (Å²) < 4.78 is 5.46. The van der Waals surface area contributed by atoms with Crippen molar-refractivity contribution in [3.63, 3.8) is 0 Å². The number of nitro groups is 1. The number of hydrogen-bond donors (Lipinski definition) is 0. The van der Waals surface area contributed by atoms with Crippen LogP contribution < -0.4 is 9.64 Å². The SMILES string of the molecule is COc1ccccc1C1=N/C(=C/c2ccc([N+](=O)[O-])cc2)C(=O)N1c1cc(Cl)ccc1Cl. The summed E-state index contributed by atoms with van der Waals surface area (Å²) in [6.45, 7) is 0. The summed E-state index contributed by atoms with van der Waals surface area (Å²) >= 11 is 12.6. The molecule has 3 aromatic carbocycles. The Morgan fingerprint density at radius 1 is 1.06 bits per heavy atom. The van der Waals surface area contributed by atoms with Crippen LogP contribution in [0.25, 0.3) is 6.08 Å². The number of ether oxygens (including phenoxy) is 1. The molecule has 0 radical (unpaired) electrons. The molecule has 0 saturated heterocycles. The van der Waals surface area contributed by atoms with Crippen LogP contribution in [-0.4, -0.2) is 23.8 Å². The summed E-state index contributed by atoms with van der Waals surface area (Å²) in [6.07, 6.45) is 1.56. The number of nitro benzene ring substituents is 1. The Morgan fingerprint density at radius 3 is 2.47 bits per heavy atom. The number of aliphatic imine (C=N–C) groups is 1. The predicted molar refractivity (Wildman–Crippen MR) is 125 cm³/mol. The fourth-order valence-corrected chi connectivity index (χ4v) is 3.63. The summed E-state index contributed by atoms with van der Waals surface area (Å²) in [7, 11) is 1.53. The molecule has 1 aliphatic heterocycles. The van der Waals surface area contributed by atoms with Crippen molar-refractivity contribution in [1.29, 1.82) is 0 Å². The lowest BCUT2D eigenvalue weighted by Crippen LogP contribution is -2.33. The van der Waals surface area contributed by atoms with E-state index in [1.54, 1.807) is 54.6 Å². The van der Waals surface area contributed by atoms with E-state index in [0.29, 0.717) is 38.4 Å². The fraction of sp³-hybridized carbons (Fsp3) is 0.0435. The summed E-state index contributed by atoms with van der Waals surface area (Å²) in [5.74, 6) is 0.428. The molecule has 0 spiro atoms. The smallest absolute Gasteiger partial charge is 0.282 e. The molecule has 32 heavy (non-hydrogen) atoms. The minimum absolute atomic E-state index is 0.0459. The molecule has 1 amide bonds. The molecular weight excluding hydrogens is 453 g/mol. The number of nitrogens with zero attached hydrogens (tertiary/aromatic N) is 3. The quantitative estimate of drug-likeness (QED) is 0.271. The zero-order chi connectivity index (χ0) is 22.8. The Hall–Kier alpha value is -3.68. The summed E-state index contributed by atoms with van der Waals surface area (Å²) in [4.78, 5) is 29.8. The fourth-order valence-electron chi connectivity index (χ4n) is 3.26. The topological polar surface area (TPSA) is 85.0 Å². The van der Waals surface area contributed by atoms with Crippen LogP contribution in [0.4, 0.5) is 11.4 Å². The third kappa shape index (κ3) is 4.08. The largest absolute Gasteiger partial charge is 0.496 e. The number of amidine groups is 1. The van der Waals surface area contributed by atoms with Crippen LogP contribution in [0.3, 0.4) is 0 Å². The van der Waals surface area contributed by atoms with Gasteiger partial charge in [-0.3, -0.25) is 19.8 Å². The third-order valence-electron chi connectivity index (χ3n) is 4.76. The number of rotatable bonds is 5. The molecule has 0 saturated carbocycles. The molecule has 160 valence electrons. The molecule has 0 N–H and O–H groups in total. The van der Waals surface area contributed by atoms with E-state index in [0.717, 1.165) is 0 Å². The molecule has 3 aromatic rings. The van der Waals surface area contributed by atoms with Crippen molar-refractivity contribution in [1.82, 2.24) is 0 Å². The van der Waals surface area contributed by atoms with E-state index in [-0.39, 0.29) is 11.4 Å². The highest BCUT2D eigenvalue weighted by atomic mass is 35.5. The first kappa shape index (κ1) is 21.5. The van der Waals surface area contributed by atoms with Gasteiger partial charge in [0.2, 0.25) is 0 Å². The lowest BCUT2D eigenvalue weighted by Gasteiger charge is -2.21. The molecule has 0 aliphatic carbocycles. The van der Waals surface area contributed by atoms with Crippen molar-refractivity contribution < 1.29 is 14.5 Å². The summed E-state index contributed by atoms with van der Waals surface area (Å²) in [5, 5.41) is 11.6. The molecule has 0 fully saturated rings. The van der Waals surface area contributed by atoms with Gasteiger partial charge in [-0.25, -0.2) is 4.99 Å². The van der Waals surface area contributed by atoms with E-state index in [1.807, 2.05) is 6.07 Å². The third-order valence-corrected chi connectivity index (χ3v) is 5.32. The van der Waals surface area contributed by atoms with Gasteiger partial charge in [-0.2, -0.15) is 0 Å². The van der Waals surface area contributed by atoms with Gasteiger partial charge in [0.05, 0.1) is 28.3 Å². The van der Waals surface area contributed by atoms with Gasteiger partial charge in [0.15, 0.2) is 5.84 Å². The van der Waals surface area contributed by atoms with Crippen molar-refractivity contribution >= 4 is 52.4 Å². The van der Waals surface area contributed by atoms with Crippen LogP contribution in [0.2, 0.25) is 10.0 Å². The van der Waals surface area contributed by atoms with Gasteiger partial charge >= 0.3 is 0 Å². The van der Waals surface area contributed by atoms with Crippen LogP contribution in [0, 0.1) is 10.1 Å². The first-order valence-electron chi connectivity index (χ1n) is 9.37. The second kappa shape index (κ2) is 8.82. The molecule has 0 atom stereocenters. The number of carbonyl (C=O) groups excluding carboxylic acids is 1. The number of carbonyl (C=O) groups is 1. The number of para-hydroxylation sites is 1. The van der Waals surface area contributed by atoms with Crippen LogP contribution in [-0.2, 0) is 4.79 Å². The highest BCUT2D eigenvalue weighted by Crippen LogP contribution is 2.36. The van der Waals surface area contributed by atoms with Crippen LogP contribution in [0.15, 0.2) is 77.4 Å². The predicted octanol–water partition coefficient (Wildman–Crippen LogP) is 5.74. The molecule has 7 nitrogen and oxygen atoms in total. The number of methoxy groups -OCH3 is 1. The second-order valence-corrected chi connectivity index (χ2v) is 7.59. The number of hydrogen-bond acceptors (Lipinski definition) is 5. The number of anilines is 1. The first-order chi connectivity index (χ1) is 15.4. The molecular formula is C23H15Cl2N3O4. The van der Waals surface area contributed by atoms with E-state index in [9.17, 15) is 14.9 Å². The molecule has 0 aromatic heterocycles. The number of non-ortho nitro benzene ring substituents is 1. The van der Waals surface area contributed by atoms with Crippen molar-refractivity contribution in [2.24, 2.45) is 4.99 Å². The highest BCUT2D eigenvalue weighted by molar-refractivity contribution is 6.40. The first-order valence-corrected chi connectivity index (χ1v) is 10.1. The standard InChI is InChI=1S/C23H15Cl2N3O4/c1-32-21-5-3-2-4-17(21)22-26-19(12-14-6-9-16(10-7-14)28(30)31)23(29)27(22)20-13-15(24)8-11-18(20)25/h2-13H,1H3/b19-12+. The Morgan fingerprint density at radius 2 is 1.78 bits per heavy atom. The molecule has 1 aliphatic rings. The van der Waals surface area contributed by atoms with Gasteiger partial charge in [0.25, 0.3) is 11.6 Å². The number of halogens is 2. The van der Waals surface area contributed by atoms with E-state index in [1.165, 1.54) is 24.1 Å². The Labute approximate surface area is 193 Å². The van der Waals surface area contributed by atoms with E-state index in [4.69, 9.17) is 27.9 Å². The minimum Gasteiger partial charge on any atom is -0.496 e. The van der Waals surface area contributed by atoms with Gasteiger partial charge in [0.1, 0.15) is 11.4 Å². The van der Waals surface area contributed by atoms with E-state index >= 15 is 0 Å². The van der Waals surface area contributed by atoms with Crippen molar-refractivity contribution in [2.75, 3.05) is 12.0 Å². The maximum atomic E-state index is 13.4. The average molecular weight is 468 g/mol. The second-order valence-electron chi connectivity index (χ2n) is 6.75. The Kier molecular flexibility index (Phi) is 5.94. The normalized spacial score (nSPS) is 14.6. The maximum absolute atomic E-state index is 13.4. The number of amides is 1.